The van der Waals surface area contributed by atoms with Gasteiger partial charge in [-0.2, -0.15) is 0 Å². The van der Waals surface area contributed by atoms with E-state index in [-0.39, 0.29) is 4.90 Å². The average Bonchev–Trinajstić information content (AvgIpc) is 2.66. The third-order valence-electron chi connectivity index (χ3n) is 4.58. The molecule has 0 aromatic heterocycles. The maximum absolute atomic E-state index is 12.6. The summed E-state index contributed by atoms with van der Waals surface area (Å²) < 4.78 is 43.7. The normalized spacial score (nSPS) is 11.3. The van der Waals surface area contributed by atoms with Gasteiger partial charge in [-0.15, -0.1) is 0 Å². The minimum Gasteiger partial charge on any atom is -0.496 e. The highest BCUT2D eigenvalue weighted by atomic mass is 32.2. The van der Waals surface area contributed by atoms with Crippen LogP contribution in [0.3, 0.4) is 0 Å². The number of methoxy groups -OCH3 is 3. The Labute approximate surface area is 161 Å². The predicted molar refractivity (Wildman–Crippen MR) is 106 cm³/mol. The minimum absolute atomic E-state index is 0.284. The summed E-state index contributed by atoms with van der Waals surface area (Å²) in [4.78, 5) is 0.284. The number of ether oxygens (including phenoxy) is 3. The molecule has 0 radical (unpaired) electrons. The van der Waals surface area contributed by atoms with Crippen LogP contribution in [0.2, 0.25) is 0 Å². The molecule has 7 heteroatoms. The van der Waals surface area contributed by atoms with Gasteiger partial charge >= 0.3 is 0 Å². The Morgan fingerprint density at radius 3 is 2.11 bits per heavy atom. The van der Waals surface area contributed by atoms with E-state index in [1.807, 2.05) is 25.1 Å². The molecule has 1 N–H and O–H groups in total. The van der Waals surface area contributed by atoms with Crippen molar-refractivity contribution >= 4 is 10.0 Å². The molecule has 0 aliphatic rings. The zero-order valence-electron chi connectivity index (χ0n) is 16.5. The van der Waals surface area contributed by atoms with Gasteiger partial charge in [-0.3, -0.25) is 0 Å². The first-order chi connectivity index (χ1) is 12.8. The standard InChI is InChI=1S/C20H27NO5S/c1-14-15(2)20(11-10-17(14)24-3)27(22,23)21-12-6-7-16-8-9-18(25-4)19(13-16)26-5/h8-11,13,21H,6-7,12H2,1-5H3. The fourth-order valence-corrected chi connectivity index (χ4v) is 4.27. The average molecular weight is 394 g/mol. The van der Waals surface area contributed by atoms with Crippen molar-refractivity contribution in [3.8, 4) is 17.2 Å². The van der Waals surface area contributed by atoms with E-state index in [0.29, 0.717) is 35.8 Å². The lowest BCUT2D eigenvalue weighted by Gasteiger charge is -2.14. The molecule has 148 valence electrons. The number of sulfonamides is 1. The molecule has 6 nitrogen and oxygen atoms in total. The van der Waals surface area contributed by atoms with Gasteiger partial charge in [0, 0.05) is 6.54 Å². The minimum atomic E-state index is -3.57. The van der Waals surface area contributed by atoms with E-state index in [4.69, 9.17) is 14.2 Å². The molecule has 0 heterocycles. The van der Waals surface area contributed by atoms with Crippen LogP contribution in [0.25, 0.3) is 0 Å². The van der Waals surface area contributed by atoms with Gasteiger partial charge in [-0.1, -0.05) is 6.07 Å². The van der Waals surface area contributed by atoms with Gasteiger partial charge in [0.05, 0.1) is 26.2 Å². The van der Waals surface area contributed by atoms with Crippen molar-refractivity contribution in [2.75, 3.05) is 27.9 Å². The molecule has 27 heavy (non-hydrogen) atoms. The molecule has 2 aromatic rings. The molecule has 0 saturated carbocycles. The van der Waals surface area contributed by atoms with E-state index < -0.39 is 10.0 Å². The number of nitrogens with one attached hydrogen (secondary N) is 1. The maximum atomic E-state index is 12.6. The molecule has 2 aromatic carbocycles. The van der Waals surface area contributed by atoms with Crippen LogP contribution in [-0.2, 0) is 16.4 Å². The number of hydrogen-bond acceptors (Lipinski definition) is 5. The summed E-state index contributed by atoms with van der Waals surface area (Å²) in [6.45, 7) is 3.99. The molecule has 0 spiro atoms. The van der Waals surface area contributed by atoms with Crippen LogP contribution < -0.4 is 18.9 Å². The molecule has 0 bridgehead atoms. The van der Waals surface area contributed by atoms with Gasteiger partial charge in [-0.05, 0) is 67.6 Å². The van der Waals surface area contributed by atoms with Crippen LogP contribution in [0.15, 0.2) is 35.2 Å². The second kappa shape index (κ2) is 9.10. The van der Waals surface area contributed by atoms with Crippen molar-refractivity contribution in [1.82, 2.24) is 4.72 Å². The first kappa shape index (κ1) is 21.1. The van der Waals surface area contributed by atoms with E-state index in [0.717, 1.165) is 17.5 Å². The van der Waals surface area contributed by atoms with E-state index in [1.165, 1.54) is 0 Å². The van der Waals surface area contributed by atoms with Gasteiger partial charge in [0.2, 0.25) is 10.0 Å². The summed E-state index contributed by atoms with van der Waals surface area (Å²) in [5.41, 5.74) is 2.58. The van der Waals surface area contributed by atoms with Crippen LogP contribution in [0.4, 0.5) is 0 Å². The zero-order valence-corrected chi connectivity index (χ0v) is 17.3. The van der Waals surface area contributed by atoms with Crippen LogP contribution in [0.5, 0.6) is 17.2 Å². The Hall–Kier alpha value is -2.25. The molecule has 0 amide bonds. The highest BCUT2D eigenvalue weighted by Crippen LogP contribution is 2.28. The quantitative estimate of drug-likeness (QED) is 0.662. The SMILES string of the molecule is COc1ccc(CCCNS(=O)(=O)c2ccc(OC)c(C)c2C)cc1OC. The van der Waals surface area contributed by atoms with Gasteiger partial charge in [0.1, 0.15) is 5.75 Å². The summed E-state index contributed by atoms with van der Waals surface area (Å²) >= 11 is 0. The summed E-state index contributed by atoms with van der Waals surface area (Å²) in [6, 6.07) is 8.97. The third-order valence-corrected chi connectivity index (χ3v) is 6.18. The maximum Gasteiger partial charge on any atom is 0.240 e. The summed E-state index contributed by atoms with van der Waals surface area (Å²) in [6.07, 6.45) is 1.40. The van der Waals surface area contributed by atoms with Crippen LogP contribution >= 0.6 is 0 Å². The summed E-state index contributed by atoms with van der Waals surface area (Å²) in [5, 5.41) is 0. The lowest BCUT2D eigenvalue weighted by molar-refractivity contribution is 0.354. The van der Waals surface area contributed by atoms with E-state index in [2.05, 4.69) is 4.72 Å². The molecule has 0 fully saturated rings. The molecule has 2 rings (SSSR count). The van der Waals surface area contributed by atoms with Crippen molar-refractivity contribution in [3.05, 3.63) is 47.0 Å². The van der Waals surface area contributed by atoms with E-state index >= 15 is 0 Å². The Morgan fingerprint density at radius 2 is 1.48 bits per heavy atom. The van der Waals surface area contributed by atoms with Crippen LogP contribution in [0.1, 0.15) is 23.1 Å². The van der Waals surface area contributed by atoms with Crippen molar-refractivity contribution in [1.29, 1.82) is 0 Å². The monoisotopic (exact) mass is 393 g/mol. The summed E-state index contributed by atoms with van der Waals surface area (Å²) in [5.74, 6) is 2.02. The highest BCUT2D eigenvalue weighted by Gasteiger charge is 2.19. The Bertz CT molecular complexity index is 893. The molecule has 0 unspecified atom stereocenters. The Kier molecular flexibility index (Phi) is 7.10. The van der Waals surface area contributed by atoms with Crippen molar-refractivity contribution in [2.24, 2.45) is 0 Å². The first-order valence-electron chi connectivity index (χ1n) is 8.68. The number of rotatable bonds is 9. The molecular weight excluding hydrogens is 366 g/mol. The van der Waals surface area contributed by atoms with Crippen LogP contribution in [-0.4, -0.2) is 36.3 Å². The van der Waals surface area contributed by atoms with Gasteiger partial charge < -0.3 is 14.2 Å². The number of benzene rings is 2. The predicted octanol–water partition coefficient (Wildman–Crippen LogP) is 3.24. The van der Waals surface area contributed by atoms with Gasteiger partial charge in [0.15, 0.2) is 11.5 Å². The Balaban J connectivity index is 2.00. The van der Waals surface area contributed by atoms with E-state index in [9.17, 15) is 8.42 Å². The van der Waals surface area contributed by atoms with E-state index in [1.54, 1.807) is 40.4 Å². The van der Waals surface area contributed by atoms with Gasteiger partial charge in [0.25, 0.3) is 0 Å². The summed E-state index contributed by atoms with van der Waals surface area (Å²) in [7, 11) is 1.19. The van der Waals surface area contributed by atoms with Crippen LogP contribution in [0, 0.1) is 13.8 Å². The van der Waals surface area contributed by atoms with Crippen molar-refractivity contribution in [3.63, 3.8) is 0 Å². The first-order valence-corrected chi connectivity index (χ1v) is 10.2. The lowest BCUT2D eigenvalue weighted by Crippen LogP contribution is -2.26. The second-order valence-corrected chi connectivity index (χ2v) is 7.94. The fraction of sp³-hybridized carbons (Fsp3) is 0.400. The molecule has 0 aliphatic carbocycles. The molecular formula is C20H27NO5S. The van der Waals surface area contributed by atoms with Crippen molar-refractivity contribution in [2.45, 2.75) is 31.6 Å². The fourth-order valence-electron chi connectivity index (χ4n) is 2.90. The van der Waals surface area contributed by atoms with Crippen molar-refractivity contribution < 1.29 is 22.6 Å². The van der Waals surface area contributed by atoms with Gasteiger partial charge in [-0.25, -0.2) is 13.1 Å². The Morgan fingerprint density at radius 1 is 0.852 bits per heavy atom. The third kappa shape index (κ3) is 4.93. The second-order valence-electron chi connectivity index (χ2n) is 6.21. The topological polar surface area (TPSA) is 73.9 Å². The largest absolute Gasteiger partial charge is 0.496 e. The smallest absolute Gasteiger partial charge is 0.240 e. The highest BCUT2D eigenvalue weighted by molar-refractivity contribution is 7.89. The molecule has 0 aliphatic heterocycles. The number of aryl methyl sites for hydroxylation is 1. The molecule has 0 atom stereocenters. The zero-order chi connectivity index (χ0) is 20.0. The number of hydrogen-bond donors (Lipinski definition) is 1. The molecule has 0 saturated heterocycles. The lowest BCUT2D eigenvalue weighted by atomic mass is 10.1.